The van der Waals surface area contributed by atoms with Crippen LogP contribution in [0.2, 0.25) is 10.0 Å². The normalized spacial score (nSPS) is 11.2. The van der Waals surface area contributed by atoms with Gasteiger partial charge in [0.15, 0.2) is 5.82 Å². The Bertz CT molecular complexity index is 1170. The molecule has 0 radical (unpaired) electrons. The van der Waals surface area contributed by atoms with Crippen LogP contribution in [0.1, 0.15) is 0 Å². The van der Waals surface area contributed by atoms with Crippen molar-refractivity contribution < 1.29 is 4.42 Å². The van der Waals surface area contributed by atoms with Crippen molar-refractivity contribution in [1.82, 2.24) is 24.7 Å². The summed E-state index contributed by atoms with van der Waals surface area (Å²) in [6.07, 6.45) is 4.34. The van der Waals surface area contributed by atoms with Gasteiger partial charge in [0.1, 0.15) is 21.2 Å². The Morgan fingerprint density at radius 1 is 1.20 bits per heavy atom. The van der Waals surface area contributed by atoms with E-state index < -0.39 is 5.63 Å². The van der Waals surface area contributed by atoms with E-state index >= 15 is 0 Å². The first kappa shape index (κ1) is 16.2. The van der Waals surface area contributed by atoms with Crippen LogP contribution in [0.3, 0.4) is 0 Å². The lowest BCUT2D eigenvalue weighted by atomic mass is 10.3. The summed E-state index contributed by atoms with van der Waals surface area (Å²) in [5.41, 5.74) is 0.0734. The van der Waals surface area contributed by atoms with Gasteiger partial charge in [0.05, 0.1) is 10.0 Å². The van der Waals surface area contributed by atoms with E-state index in [1.165, 1.54) is 17.1 Å². The molecule has 10 heteroatoms. The van der Waals surface area contributed by atoms with Gasteiger partial charge in [-0.2, -0.15) is 5.10 Å². The van der Waals surface area contributed by atoms with Gasteiger partial charge in [0.25, 0.3) is 0 Å². The first-order valence-electron chi connectivity index (χ1n) is 6.86. The third-order valence-corrected chi connectivity index (χ3v) is 4.29. The van der Waals surface area contributed by atoms with Gasteiger partial charge >= 0.3 is 5.63 Å². The maximum absolute atomic E-state index is 12.3. The van der Waals surface area contributed by atoms with Gasteiger partial charge in [-0.25, -0.2) is 19.4 Å². The molecule has 0 aliphatic rings. The van der Waals surface area contributed by atoms with E-state index in [0.29, 0.717) is 26.7 Å². The van der Waals surface area contributed by atoms with Crippen molar-refractivity contribution in [2.45, 2.75) is 0 Å². The molecule has 0 bridgehead atoms. The highest BCUT2D eigenvalue weighted by Gasteiger charge is 2.19. The van der Waals surface area contributed by atoms with Crippen molar-refractivity contribution >= 4 is 50.0 Å². The van der Waals surface area contributed by atoms with E-state index in [1.807, 2.05) is 0 Å². The van der Waals surface area contributed by atoms with Gasteiger partial charge in [0.2, 0.25) is 5.89 Å². The topological polar surface area (TPSA) is 86.7 Å². The number of pyridine rings is 2. The number of fused-ring (bicyclic) bond motifs is 1. The molecule has 0 unspecified atom stereocenters. The van der Waals surface area contributed by atoms with Crippen LogP contribution in [-0.2, 0) is 0 Å². The van der Waals surface area contributed by atoms with Gasteiger partial charge in [-0.05, 0) is 28.1 Å². The molecule has 4 heterocycles. The number of hydrogen-bond acceptors (Lipinski definition) is 6. The third kappa shape index (κ3) is 2.82. The predicted octanol–water partition coefficient (Wildman–Crippen LogP) is 3.90. The first-order valence-corrected chi connectivity index (χ1v) is 8.40. The standard InChI is InChI=1S/C15H6BrCl2N5O2/c16-11-4-10(23(22-11)13-8(17)2-1-3-20-13)14-21-12-7(15(24)25-14)5-19-6-9(12)18/h1-6H. The SMILES string of the molecule is O=c1oc(-c2cc(Br)nn2-c2ncccc2Cl)nc2c(Cl)cncc12. The minimum atomic E-state index is -0.606. The smallest absolute Gasteiger partial charge is 0.348 e. The Morgan fingerprint density at radius 2 is 2.04 bits per heavy atom. The predicted molar refractivity (Wildman–Crippen MR) is 96.1 cm³/mol. The van der Waals surface area contributed by atoms with Gasteiger partial charge in [-0.1, -0.05) is 23.2 Å². The van der Waals surface area contributed by atoms with E-state index in [1.54, 1.807) is 24.4 Å². The highest BCUT2D eigenvalue weighted by molar-refractivity contribution is 9.10. The molecule has 0 N–H and O–H groups in total. The van der Waals surface area contributed by atoms with Gasteiger partial charge in [0, 0.05) is 24.7 Å². The van der Waals surface area contributed by atoms with Crippen LogP contribution in [0, 0.1) is 0 Å². The van der Waals surface area contributed by atoms with Crippen molar-refractivity contribution in [1.29, 1.82) is 0 Å². The second kappa shape index (κ2) is 6.21. The van der Waals surface area contributed by atoms with Crippen LogP contribution in [0.4, 0.5) is 0 Å². The summed E-state index contributed by atoms with van der Waals surface area (Å²) in [5.74, 6) is 0.403. The molecule has 0 fully saturated rings. The molecule has 7 nitrogen and oxygen atoms in total. The van der Waals surface area contributed by atoms with Crippen LogP contribution in [0.25, 0.3) is 28.3 Å². The molecule has 0 aliphatic heterocycles. The fraction of sp³-hybridized carbons (Fsp3) is 0. The van der Waals surface area contributed by atoms with Crippen molar-refractivity contribution in [2.24, 2.45) is 0 Å². The van der Waals surface area contributed by atoms with Crippen molar-refractivity contribution in [3.05, 3.63) is 61.9 Å². The molecule has 0 saturated heterocycles. The molecule has 0 atom stereocenters. The Hall–Kier alpha value is -2.29. The summed E-state index contributed by atoms with van der Waals surface area (Å²) in [4.78, 5) is 24.7. The zero-order valence-electron chi connectivity index (χ0n) is 12.2. The fourth-order valence-electron chi connectivity index (χ4n) is 2.27. The second-order valence-electron chi connectivity index (χ2n) is 4.90. The van der Waals surface area contributed by atoms with E-state index in [2.05, 4.69) is 36.0 Å². The molecule has 4 aromatic heterocycles. The fourth-order valence-corrected chi connectivity index (χ4v) is 3.04. The summed E-state index contributed by atoms with van der Waals surface area (Å²) in [5, 5.41) is 5.10. The molecule has 4 aromatic rings. The first-order chi connectivity index (χ1) is 12.0. The van der Waals surface area contributed by atoms with Crippen molar-refractivity contribution in [3.8, 4) is 17.4 Å². The zero-order valence-corrected chi connectivity index (χ0v) is 15.2. The molecular weight excluding hydrogens is 433 g/mol. The molecule has 4 rings (SSSR count). The summed E-state index contributed by atoms with van der Waals surface area (Å²) in [7, 11) is 0. The van der Waals surface area contributed by atoms with Crippen LogP contribution in [0.15, 0.2) is 50.6 Å². The Morgan fingerprint density at radius 3 is 2.84 bits per heavy atom. The Labute approximate surface area is 158 Å². The zero-order chi connectivity index (χ0) is 17.6. The summed E-state index contributed by atoms with van der Waals surface area (Å²) in [6, 6.07) is 5.01. The Kier molecular flexibility index (Phi) is 4.03. The lowest BCUT2D eigenvalue weighted by Gasteiger charge is -2.07. The number of rotatable bonds is 2. The van der Waals surface area contributed by atoms with Gasteiger partial charge < -0.3 is 4.42 Å². The molecule has 0 spiro atoms. The summed E-state index contributed by atoms with van der Waals surface area (Å²) >= 11 is 15.6. The van der Waals surface area contributed by atoms with Crippen molar-refractivity contribution in [3.63, 3.8) is 0 Å². The number of aromatic nitrogens is 5. The quantitative estimate of drug-likeness (QED) is 0.471. The molecular formula is C15H6BrCl2N5O2. The third-order valence-electron chi connectivity index (χ3n) is 3.33. The maximum Gasteiger partial charge on any atom is 0.348 e. The molecule has 25 heavy (non-hydrogen) atoms. The van der Waals surface area contributed by atoms with Crippen molar-refractivity contribution in [2.75, 3.05) is 0 Å². The van der Waals surface area contributed by atoms with Crippen LogP contribution in [-0.4, -0.2) is 24.7 Å². The second-order valence-corrected chi connectivity index (χ2v) is 6.52. The molecule has 0 aromatic carbocycles. The summed E-state index contributed by atoms with van der Waals surface area (Å²) in [6.45, 7) is 0. The van der Waals surface area contributed by atoms with E-state index in [-0.39, 0.29) is 16.3 Å². The number of halogens is 3. The molecule has 0 aliphatic carbocycles. The minimum absolute atomic E-state index is 0.0329. The maximum atomic E-state index is 12.3. The highest BCUT2D eigenvalue weighted by Crippen LogP contribution is 2.28. The van der Waals surface area contributed by atoms with E-state index in [0.717, 1.165) is 0 Å². The average Bonchev–Trinajstić information content (AvgIpc) is 2.98. The number of hydrogen-bond donors (Lipinski definition) is 0. The summed E-state index contributed by atoms with van der Waals surface area (Å²) < 4.78 is 7.25. The average molecular weight is 439 g/mol. The molecule has 124 valence electrons. The molecule has 0 amide bonds. The lowest BCUT2D eigenvalue weighted by molar-refractivity contribution is 0.513. The van der Waals surface area contributed by atoms with Crippen LogP contribution in [0.5, 0.6) is 0 Å². The van der Waals surface area contributed by atoms with Gasteiger partial charge in [-0.3, -0.25) is 4.98 Å². The van der Waals surface area contributed by atoms with E-state index in [4.69, 9.17) is 27.6 Å². The largest absolute Gasteiger partial charge is 0.401 e. The molecule has 0 saturated carbocycles. The van der Waals surface area contributed by atoms with Crippen LogP contribution < -0.4 is 5.63 Å². The van der Waals surface area contributed by atoms with E-state index in [9.17, 15) is 4.79 Å². The highest BCUT2D eigenvalue weighted by atomic mass is 79.9. The lowest BCUT2D eigenvalue weighted by Crippen LogP contribution is -2.07. The van der Waals surface area contributed by atoms with Gasteiger partial charge in [-0.15, -0.1) is 0 Å². The number of nitrogens with zero attached hydrogens (tertiary/aromatic N) is 5. The van der Waals surface area contributed by atoms with Crippen LogP contribution >= 0.6 is 39.1 Å². The minimum Gasteiger partial charge on any atom is -0.401 e. The monoisotopic (exact) mass is 437 g/mol. The Balaban J connectivity index is 2.01.